The van der Waals surface area contributed by atoms with Crippen LogP contribution in [0.2, 0.25) is 0 Å². The van der Waals surface area contributed by atoms with Gasteiger partial charge in [-0.3, -0.25) is 0 Å². The van der Waals surface area contributed by atoms with Crippen molar-refractivity contribution < 1.29 is 0 Å². The number of nitrogens with zero attached hydrogens (tertiary/aromatic N) is 3. The van der Waals surface area contributed by atoms with E-state index in [2.05, 4.69) is 48.1 Å². The fourth-order valence-corrected chi connectivity index (χ4v) is 3.55. The van der Waals surface area contributed by atoms with E-state index in [1.807, 2.05) is 11.8 Å². The molecule has 98 valence electrons. The van der Waals surface area contributed by atoms with Crippen molar-refractivity contribution in [3.63, 3.8) is 0 Å². The van der Waals surface area contributed by atoms with E-state index in [1.165, 1.54) is 10.3 Å². The Morgan fingerprint density at radius 1 is 1.44 bits per heavy atom. The van der Waals surface area contributed by atoms with Crippen molar-refractivity contribution in [2.24, 2.45) is 0 Å². The quantitative estimate of drug-likeness (QED) is 0.839. The molecule has 0 bridgehead atoms. The van der Waals surface area contributed by atoms with Gasteiger partial charge in [0.05, 0.1) is 5.39 Å². The standard InChI is InChI=1S/C13H19N3S2/c1-5-10-6-11-12(14-8-15-13(11)18-10)16(3)9(2)7-17-4/h6,8-9H,5,7H2,1-4H3. The monoisotopic (exact) mass is 281 g/mol. The van der Waals surface area contributed by atoms with Crippen LogP contribution in [0.3, 0.4) is 0 Å². The van der Waals surface area contributed by atoms with Gasteiger partial charge in [-0.1, -0.05) is 6.92 Å². The van der Waals surface area contributed by atoms with E-state index in [9.17, 15) is 0 Å². The van der Waals surface area contributed by atoms with Gasteiger partial charge in [-0.05, 0) is 25.7 Å². The molecule has 0 aromatic carbocycles. The molecule has 3 nitrogen and oxygen atoms in total. The molecule has 5 heteroatoms. The van der Waals surface area contributed by atoms with E-state index in [4.69, 9.17) is 0 Å². The van der Waals surface area contributed by atoms with Gasteiger partial charge in [0.2, 0.25) is 0 Å². The van der Waals surface area contributed by atoms with Crippen LogP contribution in [0.25, 0.3) is 10.2 Å². The summed E-state index contributed by atoms with van der Waals surface area (Å²) in [5.41, 5.74) is 0. The predicted molar refractivity (Wildman–Crippen MR) is 83.0 cm³/mol. The lowest BCUT2D eigenvalue weighted by atomic mass is 10.2. The summed E-state index contributed by atoms with van der Waals surface area (Å²) in [5, 5.41) is 1.19. The number of thioether (sulfide) groups is 1. The number of aromatic nitrogens is 2. The van der Waals surface area contributed by atoms with Crippen molar-refractivity contribution in [3.8, 4) is 0 Å². The summed E-state index contributed by atoms with van der Waals surface area (Å²) >= 11 is 3.64. The van der Waals surface area contributed by atoms with Gasteiger partial charge in [0, 0.05) is 23.7 Å². The van der Waals surface area contributed by atoms with E-state index in [0.29, 0.717) is 6.04 Å². The van der Waals surface area contributed by atoms with Gasteiger partial charge < -0.3 is 4.90 Å². The van der Waals surface area contributed by atoms with Crippen molar-refractivity contribution in [2.75, 3.05) is 24.0 Å². The summed E-state index contributed by atoms with van der Waals surface area (Å²) in [4.78, 5) is 13.6. The lowest BCUT2D eigenvalue weighted by Gasteiger charge is -2.25. The molecule has 0 spiro atoms. The molecule has 0 aliphatic rings. The van der Waals surface area contributed by atoms with Crippen LogP contribution in [0.5, 0.6) is 0 Å². The van der Waals surface area contributed by atoms with Crippen LogP contribution in [0.1, 0.15) is 18.7 Å². The van der Waals surface area contributed by atoms with Crippen LogP contribution in [-0.2, 0) is 6.42 Å². The van der Waals surface area contributed by atoms with Gasteiger partial charge in [-0.15, -0.1) is 11.3 Å². The van der Waals surface area contributed by atoms with Gasteiger partial charge in [0.1, 0.15) is 17.0 Å². The van der Waals surface area contributed by atoms with Crippen LogP contribution < -0.4 is 4.90 Å². The maximum Gasteiger partial charge on any atom is 0.140 e. The molecule has 1 atom stereocenters. The third-order valence-electron chi connectivity index (χ3n) is 3.11. The number of hydrogen-bond donors (Lipinski definition) is 0. The Bertz CT molecular complexity index is 524. The molecule has 2 heterocycles. The first-order valence-corrected chi connectivity index (χ1v) is 8.33. The molecule has 0 saturated heterocycles. The highest BCUT2D eigenvalue weighted by Crippen LogP contribution is 2.30. The summed E-state index contributed by atoms with van der Waals surface area (Å²) in [6, 6.07) is 2.71. The number of hydrogen-bond acceptors (Lipinski definition) is 5. The lowest BCUT2D eigenvalue weighted by molar-refractivity contribution is 0.756. The molecular weight excluding hydrogens is 262 g/mol. The molecule has 0 aliphatic heterocycles. The largest absolute Gasteiger partial charge is 0.356 e. The Morgan fingerprint density at radius 3 is 2.89 bits per heavy atom. The number of rotatable bonds is 5. The molecule has 2 rings (SSSR count). The zero-order valence-corrected chi connectivity index (χ0v) is 12.9. The summed E-state index contributed by atoms with van der Waals surface area (Å²) < 4.78 is 0. The summed E-state index contributed by atoms with van der Waals surface area (Å²) in [6.07, 6.45) is 4.88. The zero-order chi connectivity index (χ0) is 13.1. The highest BCUT2D eigenvalue weighted by atomic mass is 32.2. The number of fused-ring (bicyclic) bond motifs is 1. The molecule has 18 heavy (non-hydrogen) atoms. The van der Waals surface area contributed by atoms with Gasteiger partial charge in [0.25, 0.3) is 0 Å². The Kier molecular flexibility index (Phi) is 4.45. The van der Waals surface area contributed by atoms with Gasteiger partial charge >= 0.3 is 0 Å². The fraction of sp³-hybridized carbons (Fsp3) is 0.538. The summed E-state index contributed by atoms with van der Waals surface area (Å²) in [5.74, 6) is 2.16. The Labute approximate surface area is 117 Å². The molecule has 2 aromatic heterocycles. The second-order valence-corrected chi connectivity index (χ2v) is 6.42. The maximum atomic E-state index is 4.47. The number of thiophene rings is 1. The SMILES string of the molecule is CCc1cc2c(N(C)C(C)CSC)ncnc2s1. The van der Waals surface area contributed by atoms with Crippen LogP contribution in [0, 0.1) is 0 Å². The third kappa shape index (κ3) is 2.62. The smallest absolute Gasteiger partial charge is 0.140 e. The highest BCUT2D eigenvalue weighted by Gasteiger charge is 2.15. The minimum Gasteiger partial charge on any atom is -0.356 e. The molecule has 0 fully saturated rings. The van der Waals surface area contributed by atoms with E-state index < -0.39 is 0 Å². The van der Waals surface area contributed by atoms with E-state index in [1.54, 1.807) is 17.7 Å². The molecule has 0 aliphatic carbocycles. The molecule has 1 unspecified atom stereocenters. The van der Waals surface area contributed by atoms with Crippen molar-refractivity contribution >= 4 is 39.1 Å². The molecule has 0 saturated carbocycles. The average Bonchev–Trinajstić information content (AvgIpc) is 2.80. The highest BCUT2D eigenvalue weighted by molar-refractivity contribution is 7.98. The summed E-state index contributed by atoms with van der Waals surface area (Å²) in [6.45, 7) is 4.41. The number of aryl methyl sites for hydroxylation is 1. The fourth-order valence-electron chi connectivity index (χ4n) is 1.91. The lowest BCUT2D eigenvalue weighted by Crippen LogP contribution is -2.31. The first-order chi connectivity index (χ1) is 8.67. The molecule has 2 aromatic rings. The third-order valence-corrected chi connectivity index (χ3v) is 5.11. The van der Waals surface area contributed by atoms with Crippen LogP contribution in [0.4, 0.5) is 5.82 Å². The Morgan fingerprint density at radius 2 is 2.22 bits per heavy atom. The van der Waals surface area contributed by atoms with Crippen LogP contribution in [0.15, 0.2) is 12.4 Å². The normalized spacial score (nSPS) is 12.9. The first kappa shape index (κ1) is 13.6. The van der Waals surface area contributed by atoms with E-state index >= 15 is 0 Å². The zero-order valence-electron chi connectivity index (χ0n) is 11.3. The molecule has 0 radical (unpaired) electrons. The minimum absolute atomic E-state index is 0.475. The average molecular weight is 281 g/mol. The molecular formula is C13H19N3S2. The Balaban J connectivity index is 2.40. The van der Waals surface area contributed by atoms with Crippen molar-refractivity contribution in [1.82, 2.24) is 9.97 Å². The van der Waals surface area contributed by atoms with Crippen molar-refractivity contribution in [1.29, 1.82) is 0 Å². The van der Waals surface area contributed by atoms with Crippen molar-refractivity contribution in [2.45, 2.75) is 26.3 Å². The molecule has 0 amide bonds. The second-order valence-electron chi connectivity index (χ2n) is 4.40. The summed E-state index contributed by atoms with van der Waals surface area (Å²) in [7, 11) is 2.12. The maximum absolute atomic E-state index is 4.47. The first-order valence-electron chi connectivity index (χ1n) is 6.12. The van der Waals surface area contributed by atoms with Crippen LogP contribution in [-0.4, -0.2) is 35.1 Å². The van der Waals surface area contributed by atoms with Crippen LogP contribution >= 0.6 is 23.1 Å². The molecule has 0 N–H and O–H groups in total. The Hall–Kier alpha value is -0.810. The van der Waals surface area contributed by atoms with Crippen molar-refractivity contribution in [3.05, 3.63) is 17.3 Å². The van der Waals surface area contributed by atoms with E-state index in [0.717, 1.165) is 22.8 Å². The van der Waals surface area contributed by atoms with Gasteiger partial charge in [-0.25, -0.2) is 9.97 Å². The van der Waals surface area contributed by atoms with Gasteiger partial charge in [0.15, 0.2) is 0 Å². The topological polar surface area (TPSA) is 29.0 Å². The number of anilines is 1. The second kappa shape index (κ2) is 5.89. The van der Waals surface area contributed by atoms with Gasteiger partial charge in [-0.2, -0.15) is 11.8 Å². The predicted octanol–water partition coefficient (Wildman–Crippen LogP) is 3.44. The van der Waals surface area contributed by atoms with E-state index in [-0.39, 0.29) is 0 Å². The minimum atomic E-state index is 0.475.